The number of benzene rings is 1. The predicted molar refractivity (Wildman–Crippen MR) is 103 cm³/mol. The molecule has 3 rings (SSSR count). The van der Waals surface area contributed by atoms with Crippen LogP contribution in [-0.2, 0) is 16.9 Å². The van der Waals surface area contributed by atoms with Crippen molar-refractivity contribution in [2.75, 3.05) is 26.7 Å². The van der Waals surface area contributed by atoms with Crippen molar-refractivity contribution in [1.82, 2.24) is 25.3 Å². The molecule has 1 amide bonds. The van der Waals surface area contributed by atoms with E-state index in [2.05, 4.69) is 58.9 Å². The molecule has 1 unspecified atom stereocenters. The van der Waals surface area contributed by atoms with Gasteiger partial charge >= 0.3 is 0 Å². The third-order valence-corrected chi connectivity index (χ3v) is 5.38. The van der Waals surface area contributed by atoms with E-state index >= 15 is 0 Å². The SMILES string of the molecule is CC(CNC(=O)C1(n2cccn2)CCNCC1)N(C)Cc1ccccc1. The first-order valence-electron chi connectivity index (χ1n) is 9.35. The van der Waals surface area contributed by atoms with Crippen LogP contribution < -0.4 is 10.6 Å². The Morgan fingerprint density at radius 3 is 2.69 bits per heavy atom. The maximum atomic E-state index is 13.1. The lowest BCUT2D eigenvalue weighted by Crippen LogP contribution is -2.56. The van der Waals surface area contributed by atoms with E-state index in [1.807, 2.05) is 23.0 Å². The highest BCUT2D eigenvalue weighted by Crippen LogP contribution is 2.27. The van der Waals surface area contributed by atoms with Crippen molar-refractivity contribution >= 4 is 5.91 Å². The van der Waals surface area contributed by atoms with Gasteiger partial charge in [-0.3, -0.25) is 14.4 Å². The smallest absolute Gasteiger partial charge is 0.248 e. The molecule has 0 saturated carbocycles. The topological polar surface area (TPSA) is 62.2 Å². The lowest BCUT2D eigenvalue weighted by atomic mass is 9.87. The summed E-state index contributed by atoms with van der Waals surface area (Å²) in [6.45, 7) is 5.30. The summed E-state index contributed by atoms with van der Waals surface area (Å²) in [5.74, 6) is 0.0719. The average molecular weight is 355 g/mol. The lowest BCUT2D eigenvalue weighted by Gasteiger charge is -2.37. The second-order valence-electron chi connectivity index (χ2n) is 7.19. The Morgan fingerprint density at radius 1 is 1.31 bits per heavy atom. The van der Waals surface area contributed by atoms with Gasteiger partial charge in [0, 0.05) is 31.5 Å². The third-order valence-electron chi connectivity index (χ3n) is 5.38. The Bertz CT molecular complexity index is 679. The van der Waals surface area contributed by atoms with Crippen LogP contribution in [0.1, 0.15) is 25.3 Å². The molecule has 1 aromatic heterocycles. The minimum atomic E-state index is -0.577. The Labute approximate surface area is 155 Å². The number of aromatic nitrogens is 2. The molecule has 1 atom stereocenters. The molecule has 1 aromatic carbocycles. The normalized spacial score (nSPS) is 17.8. The first kappa shape index (κ1) is 18.6. The highest BCUT2D eigenvalue weighted by molar-refractivity contribution is 5.84. The van der Waals surface area contributed by atoms with Crippen molar-refractivity contribution in [2.24, 2.45) is 0 Å². The molecule has 26 heavy (non-hydrogen) atoms. The quantitative estimate of drug-likeness (QED) is 0.792. The number of amides is 1. The molecule has 1 aliphatic heterocycles. The summed E-state index contributed by atoms with van der Waals surface area (Å²) in [5.41, 5.74) is 0.700. The number of nitrogens with zero attached hydrogens (tertiary/aromatic N) is 3. The zero-order chi connectivity index (χ0) is 18.4. The second kappa shape index (κ2) is 8.47. The van der Waals surface area contributed by atoms with Crippen molar-refractivity contribution < 1.29 is 4.79 Å². The van der Waals surface area contributed by atoms with Crippen molar-refractivity contribution in [1.29, 1.82) is 0 Å². The van der Waals surface area contributed by atoms with Gasteiger partial charge in [0.05, 0.1) is 0 Å². The third kappa shape index (κ3) is 4.14. The molecule has 0 radical (unpaired) electrons. The number of rotatable bonds is 7. The zero-order valence-corrected chi connectivity index (χ0v) is 15.7. The van der Waals surface area contributed by atoms with Gasteiger partial charge in [0.15, 0.2) is 0 Å². The number of hydrogen-bond donors (Lipinski definition) is 2. The summed E-state index contributed by atoms with van der Waals surface area (Å²) in [6, 6.07) is 12.5. The summed E-state index contributed by atoms with van der Waals surface area (Å²) in [7, 11) is 2.09. The van der Waals surface area contributed by atoms with Crippen LogP contribution in [0.4, 0.5) is 0 Å². The molecule has 1 aliphatic rings. The van der Waals surface area contributed by atoms with Gasteiger partial charge < -0.3 is 10.6 Å². The monoisotopic (exact) mass is 355 g/mol. The molecule has 2 heterocycles. The Hall–Kier alpha value is -2.18. The molecule has 0 spiro atoms. The van der Waals surface area contributed by atoms with Crippen LogP contribution in [0, 0.1) is 0 Å². The number of nitrogens with one attached hydrogen (secondary N) is 2. The minimum Gasteiger partial charge on any atom is -0.352 e. The van der Waals surface area contributed by atoms with Crippen LogP contribution in [0.3, 0.4) is 0 Å². The number of piperidine rings is 1. The van der Waals surface area contributed by atoms with Gasteiger partial charge in [-0.25, -0.2) is 0 Å². The summed E-state index contributed by atoms with van der Waals surface area (Å²) >= 11 is 0. The molecule has 1 fully saturated rings. The standard InChI is InChI=1S/C20H29N5O/c1-17(24(2)16-18-7-4-3-5-8-18)15-22-19(26)20(9-12-21-13-10-20)25-14-6-11-23-25/h3-8,11,14,17,21H,9-10,12-13,15-16H2,1-2H3,(H,22,26). The van der Waals surface area contributed by atoms with Crippen LogP contribution in [0.15, 0.2) is 48.8 Å². The van der Waals surface area contributed by atoms with Crippen molar-refractivity contribution in [3.05, 3.63) is 54.4 Å². The van der Waals surface area contributed by atoms with E-state index in [-0.39, 0.29) is 11.9 Å². The number of carbonyl (C=O) groups excluding carboxylic acids is 1. The fourth-order valence-corrected chi connectivity index (χ4v) is 3.51. The van der Waals surface area contributed by atoms with Gasteiger partial charge in [0.1, 0.15) is 5.54 Å². The molecular formula is C20H29N5O. The highest BCUT2D eigenvalue weighted by Gasteiger charge is 2.41. The van der Waals surface area contributed by atoms with Crippen LogP contribution in [0.25, 0.3) is 0 Å². The Morgan fingerprint density at radius 2 is 2.04 bits per heavy atom. The molecule has 0 aliphatic carbocycles. The maximum absolute atomic E-state index is 13.1. The van der Waals surface area contributed by atoms with Crippen LogP contribution >= 0.6 is 0 Å². The van der Waals surface area contributed by atoms with Gasteiger partial charge in [-0.2, -0.15) is 5.10 Å². The Kier molecular flexibility index (Phi) is 6.06. The number of carbonyl (C=O) groups is 1. The van der Waals surface area contributed by atoms with E-state index in [1.165, 1.54) is 5.56 Å². The van der Waals surface area contributed by atoms with E-state index in [1.54, 1.807) is 6.20 Å². The van der Waals surface area contributed by atoms with E-state index in [0.717, 1.165) is 32.5 Å². The maximum Gasteiger partial charge on any atom is 0.248 e. The first-order valence-corrected chi connectivity index (χ1v) is 9.35. The fourth-order valence-electron chi connectivity index (χ4n) is 3.51. The molecule has 2 aromatic rings. The largest absolute Gasteiger partial charge is 0.352 e. The molecule has 2 N–H and O–H groups in total. The van der Waals surface area contributed by atoms with Gasteiger partial charge in [-0.15, -0.1) is 0 Å². The lowest BCUT2D eigenvalue weighted by molar-refractivity contribution is -0.132. The summed E-state index contributed by atoms with van der Waals surface area (Å²) in [4.78, 5) is 15.3. The van der Waals surface area contributed by atoms with Crippen molar-refractivity contribution in [3.63, 3.8) is 0 Å². The number of hydrogen-bond acceptors (Lipinski definition) is 4. The molecule has 140 valence electrons. The number of likely N-dealkylation sites (N-methyl/N-ethyl adjacent to an activating group) is 1. The van der Waals surface area contributed by atoms with E-state index in [9.17, 15) is 4.79 Å². The summed E-state index contributed by atoms with van der Waals surface area (Å²) in [5, 5.41) is 10.9. The minimum absolute atomic E-state index is 0.0719. The van der Waals surface area contributed by atoms with Crippen LogP contribution in [0.5, 0.6) is 0 Å². The zero-order valence-electron chi connectivity index (χ0n) is 15.7. The first-order chi connectivity index (χ1) is 12.6. The molecule has 6 heteroatoms. The van der Waals surface area contributed by atoms with Crippen molar-refractivity contribution in [3.8, 4) is 0 Å². The molecule has 0 bridgehead atoms. The molecule has 6 nitrogen and oxygen atoms in total. The van der Waals surface area contributed by atoms with Crippen LogP contribution in [-0.4, -0.2) is 53.3 Å². The van der Waals surface area contributed by atoms with E-state index in [0.29, 0.717) is 6.54 Å². The van der Waals surface area contributed by atoms with E-state index in [4.69, 9.17) is 0 Å². The summed E-state index contributed by atoms with van der Waals surface area (Å²) < 4.78 is 1.83. The van der Waals surface area contributed by atoms with Crippen molar-refractivity contribution in [2.45, 2.75) is 37.9 Å². The average Bonchev–Trinajstić information content (AvgIpc) is 3.22. The summed E-state index contributed by atoms with van der Waals surface area (Å²) in [6.07, 6.45) is 5.16. The van der Waals surface area contributed by atoms with Gasteiger partial charge in [0.25, 0.3) is 0 Å². The van der Waals surface area contributed by atoms with Crippen LogP contribution in [0.2, 0.25) is 0 Å². The van der Waals surface area contributed by atoms with Gasteiger partial charge in [-0.05, 0) is 51.5 Å². The molecule has 1 saturated heterocycles. The van der Waals surface area contributed by atoms with E-state index < -0.39 is 5.54 Å². The van der Waals surface area contributed by atoms with Gasteiger partial charge in [0.2, 0.25) is 5.91 Å². The van der Waals surface area contributed by atoms with Gasteiger partial charge in [-0.1, -0.05) is 30.3 Å². The second-order valence-corrected chi connectivity index (χ2v) is 7.19. The highest BCUT2D eigenvalue weighted by atomic mass is 16.2. The Balaban J connectivity index is 1.59. The molecular weight excluding hydrogens is 326 g/mol. The fraction of sp³-hybridized carbons (Fsp3) is 0.500. The predicted octanol–water partition coefficient (Wildman–Crippen LogP) is 1.60.